The molecule has 6 nitrogen and oxygen atoms in total. The Labute approximate surface area is 146 Å². The molecule has 0 bridgehead atoms. The van der Waals surface area contributed by atoms with Crippen molar-refractivity contribution in [2.75, 3.05) is 31.6 Å². The van der Waals surface area contributed by atoms with Gasteiger partial charge in [0.05, 0.1) is 18.2 Å². The number of benzene rings is 1. The van der Waals surface area contributed by atoms with Crippen LogP contribution in [0.25, 0.3) is 0 Å². The van der Waals surface area contributed by atoms with Crippen molar-refractivity contribution in [3.63, 3.8) is 0 Å². The molecular weight excluding hydrogens is 352 g/mol. The molecule has 8 heteroatoms. The van der Waals surface area contributed by atoms with E-state index in [1.54, 1.807) is 24.3 Å². The molecule has 0 spiro atoms. The van der Waals surface area contributed by atoms with Crippen LogP contribution in [0.1, 0.15) is 6.92 Å². The van der Waals surface area contributed by atoms with Gasteiger partial charge in [-0.2, -0.15) is 4.31 Å². The number of nitrogens with one attached hydrogen (secondary N) is 1. The molecule has 1 aromatic rings. The SMILES string of the molecule is CC=CC=CC(=O)Nc1ccc(Cl)c(S(=O)(=O)N2CCOCC2)c1. The zero-order chi connectivity index (χ0) is 17.6. The standard InChI is InChI=1S/C16H19ClN2O4S/c1-2-3-4-5-16(20)18-13-6-7-14(17)15(12-13)24(21,22)19-8-10-23-11-9-19/h2-7,12H,8-11H2,1H3,(H,18,20). The minimum atomic E-state index is -3.73. The lowest BCUT2D eigenvalue weighted by molar-refractivity contribution is -0.111. The summed E-state index contributed by atoms with van der Waals surface area (Å²) in [7, 11) is -3.73. The minimum absolute atomic E-state index is 0.0266. The highest BCUT2D eigenvalue weighted by atomic mass is 35.5. The molecule has 2 rings (SSSR count). The van der Waals surface area contributed by atoms with Crippen molar-refractivity contribution in [1.82, 2.24) is 4.31 Å². The van der Waals surface area contributed by atoms with E-state index in [-0.39, 0.29) is 28.9 Å². The van der Waals surface area contributed by atoms with Crippen LogP contribution in [0.15, 0.2) is 47.4 Å². The van der Waals surface area contributed by atoms with Crippen LogP contribution in [0.4, 0.5) is 5.69 Å². The molecule has 130 valence electrons. The Kier molecular flexibility index (Phi) is 6.56. The molecule has 1 aliphatic heterocycles. The van der Waals surface area contributed by atoms with E-state index < -0.39 is 10.0 Å². The third kappa shape index (κ3) is 4.67. The quantitative estimate of drug-likeness (QED) is 0.638. The van der Waals surface area contributed by atoms with Crippen molar-refractivity contribution < 1.29 is 17.9 Å². The number of allylic oxidation sites excluding steroid dienone is 3. The van der Waals surface area contributed by atoms with E-state index in [1.807, 2.05) is 6.92 Å². The van der Waals surface area contributed by atoms with E-state index in [1.165, 1.54) is 22.5 Å². The fourth-order valence-electron chi connectivity index (χ4n) is 2.14. The first-order valence-corrected chi connectivity index (χ1v) is 9.25. The summed E-state index contributed by atoms with van der Waals surface area (Å²) in [5.41, 5.74) is 0.362. The number of carbonyl (C=O) groups is 1. The fourth-order valence-corrected chi connectivity index (χ4v) is 4.05. The lowest BCUT2D eigenvalue weighted by Gasteiger charge is -2.26. The summed E-state index contributed by atoms with van der Waals surface area (Å²) < 4.78 is 31.9. The molecule has 1 aromatic carbocycles. The molecule has 0 unspecified atom stereocenters. The van der Waals surface area contributed by atoms with E-state index >= 15 is 0 Å². The van der Waals surface area contributed by atoms with Crippen LogP contribution < -0.4 is 5.32 Å². The number of rotatable bonds is 5. The average molecular weight is 371 g/mol. The molecule has 0 radical (unpaired) electrons. The van der Waals surface area contributed by atoms with Gasteiger partial charge in [-0.1, -0.05) is 29.8 Å². The van der Waals surface area contributed by atoms with Gasteiger partial charge in [0.15, 0.2) is 0 Å². The summed E-state index contributed by atoms with van der Waals surface area (Å²) in [6, 6.07) is 4.39. The summed E-state index contributed by atoms with van der Waals surface area (Å²) >= 11 is 6.07. The summed E-state index contributed by atoms with van der Waals surface area (Å²) in [6.45, 7) is 3.10. The number of hydrogen-bond donors (Lipinski definition) is 1. The maximum absolute atomic E-state index is 12.7. The number of ether oxygens (including phenoxy) is 1. The highest BCUT2D eigenvalue weighted by molar-refractivity contribution is 7.89. The van der Waals surface area contributed by atoms with Crippen molar-refractivity contribution in [3.8, 4) is 0 Å². The van der Waals surface area contributed by atoms with Crippen molar-refractivity contribution in [2.45, 2.75) is 11.8 Å². The highest BCUT2D eigenvalue weighted by Crippen LogP contribution is 2.28. The van der Waals surface area contributed by atoms with Gasteiger partial charge in [0, 0.05) is 24.9 Å². The smallest absolute Gasteiger partial charge is 0.248 e. The Morgan fingerprint density at radius 1 is 1.29 bits per heavy atom. The van der Waals surface area contributed by atoms with Crippen molar-refractivity contribution >= 4 is 33.2 Å². The first-order chi connectivity index (χ1) is 11.4. The van der Waals surface area contributed by atoms with Crippen molar-refractivity contribution in [1.29, 1.82) is 0 Å². The zero-order valence-electron chi connectivity index (χ0n) is 13.2. The summed E-state index contributed by atoms with van der Waals surface area (Å²) in [5, 5.41) is 2.73. The molecule has 1 amide bonds. The molecule has 1 N–H and O–H groups in total. The number of carbonyl (C=O) groups excluding carboxylic acids is 1. The van der Waals surface area contributed by atoms with Gasteiger partial charge in [-0.05, 0) is 25.1 Å². The van der Waals surface area contributed by atoms with Gasteiger partial charge in [-0.3, -0.25) is 4.79 Å². The summed E-state index contributed by atoms with van der Waals surface area (Å²) in [5.74, 6) is -0.356. The minimum Gasteiger partial charge on any atom is -0.379 e. The van der Waals surface area contributed by atoms with Gasteiger partial charge in [-0.25, -0.2) is 8.42 Å². The van der Waals surface area contributed by atoms with E-state index in [0.717, 1.165) is 0 Å². The van der Waals surface area contributed by atoms with Crippen LogP contribution >= 0.6 is 11.6 Å². The van der Waals surface area contributed by atoms with Gasteiger partial charge >= 0.3 is 0 Å². The Hall–Kier alpha value is -1.67. The van der Waals surface area contributed by atoms with Gasteiger partial charge in [0.2, 0.25) is 15.9 Å². The molecule has 0 saturated carbocycles. The second kappa shape index (κ2) is 8.43. The Bertz CT molecular complexity index is 753. The fraction of sp³-hybridized carbons (Fsp3) is 0.312. The van der Waals surface area contributed by atoms with Crippen LogP contribution in [-0.2, 0) is 19.6 Å². The Morgan fingerprint density at radius 3 is 2.67 bits per heavy atom. The van der Waals surface area contributed by atoms with E-state index in [4.69, 9.17) is 16.3 Å². The lowest BCUT2D eigenvalue weighted by atomic mass is 10.3. The number of amides is 1. The second-order valence-electron chi connectivity index (χ2n) is 5.04. The average Bonchev–Trinajstić information content (AvgIpc) is 2.57. The normalized spacial score (nSPS) is 16.8. The predicted molar refractivity (Wildman–Crippen MR) is 93.6 cm³/mol. The van der Waals surface area contributed by atoms with Crippen LogP contribution in [0.2, 0.25) is 5.02 Å². The number of sulfonamides is 1. The number of nitrogens with zero attached hydrogens (tertiary/aromatic N) is 1. The van der Waals surface area contributed by atoms with Gasteiger partial charge in [-0.15, -0.1) is 0 Å². The van der Waals surface area contributed by atoms with Crippen molar-refractivity contribution in [3.05, 3.63) is 47.5 Å². The number of hydrogen-bond acceptors (Lipinski definition) is 4. The Balaban J connectivity index is 2.23. The zero-order valence-corrected chi connectivity index (χ0v) is 14.8. The topological polar surface area (TPSA) is 75.7 Å². The van der Waals surface area contributed by atoms with Crippen LogP contribution in [0.5, 0.6) is 0 Å². The highest BCUT2D eigenvalue weighted by Gasteiger charge is 2.28. The third-order valence-corrected chi connectivity index (χ3v) is 5.72. The molecule has 0 atom stereocenters. The largest absolute Gasteiger partial charge is 0.379 e. The van der Waals surface area contributed by atoms with Crippen molar-refractivity contribution in [2.24, 2.45) is 0 Å². The number of anilines is 1. The molecule has 1 saturated heterocycles. The maximum atomic E-state index is 12.7. The molecular formula is C16H19ClN2O4S. The number of halogens is 1. The van der Waals surface area contributed by atoms with Gasteiger partial charge < -0.3 is 10.1 Å². The maximum Gasteiger partial charge on any atom is 0.248 e. The molecule has 0 aliphatic carbocycles. The van der Waals surface area contributed by atoms with E-state index in [2.05, 4.69) is 5.32 Å². The lowest BCUT2D eigenvalue weighted by Crippen LogP contribution is -2.40. The number of morpholine rings is 1. The molecule has 1 fully saturated rings. The van der Waals surface area contributed by atoms with Gasteiger partial charge in [0.1, 0.15) is 4.90 Å². The van der Waals surface area contributed by atoms with E-state index in [9.17, 15) is 13.2 Å². The van der Waals surface area contributed by atoms with Crippen LogP contribution in [0.3, 0.4) is 0 Å². The van der Waals surface area contributed by atoms with E-state index in [0.29, 0.717) is 18.9 Å². The molecule has 1 heterocycles. The van der Waals surface area contributed by atoms with Crippen LogP contribution in [0, 0.1) is 0 Å². The van der Waals surface area contributed by atoms with Gasteiger partial charge in [0.25, 0.3) is 0 Å². The van der Waals surface area contributed by atoms with Crippen LogP contribution in [-0.4, -0.2) is 44.9 Å². The summed E-state index contributed by atoms with van der Waals surface area (Å²) in [6.07, 6.45) is 6.45. The Morgan fingerprint density at radius 2 is 2.00 bits per heavy atom. The molecule has 1 aliphatic rings. The summed E-state index contributed by atoms with van der Waals surface area (Å²) in [4.78, 5) is 11.8. The molecule has 0 aromatic heterocycles. The second-order valence-corrected chi connectivity index (χ2v) is 7.35. The third-order valence-electron chi connectivity index (χ3n) is 3.34. The molecule has 24 heavy (non-hydrogen) atoms. The predicted octanol–water partition coefficient (Wildman–Crippen LogP) is 2.43. The first-order valence-electron chi connectivity index (χ1n) is 7.43. The first kappa shape index (κ1) is 18.7. The monoisotopic (exact) mass is 370 g/mol.